The van der Waals surface area contributed by atoms with Crippen molar-refractivity contribution in [2.75, 3.05) is 40.3 Å². The van der Waals surface area contributed by atoms with Crippen molar-refractivity contribution >= 4 is 5.97 Å². The largest absolute Gasteiger partial charge is 0.504 e. The van der Waals surface area contributed by atoms with Gasteiger partial charge >= 0.3 is 5.97 Å². The molecule has 0 bridgehead atoms. The van der Waals surface area contributed by atoms with E-state index in [4.69, 9.17) is 9.84 Å². The predicted molar refractivity (Wildman–Crippen MR) is 80.7 cm³/mol. The van der Waals surface area contributed by atoms with Crippen LogP contribution >= 0.6 is 0 Å². The molecular formula is C15H24N2O4. The lowest BCUT2D eigenvalue weighted by atomic mass is 10.1. The number of aromatic hydroxyl groups is 1. The number of phenolic OH excluding ortho intramolecular Hbond substituents is 1. The SMILES string of the molecule is CCOc1cccc(CN(CCN(C)C)CC(=O)O)c1O. The number of carboxylic acid groups (broad SMARTS) is 1. The minimum absolute atomic E-state index is 0.0634. The number of carboxylic acids is 1. The highest BCUT2D eigenvalue weighted by Crippen LogP contribution is 2.30. The third-order valence-corrected chi connectivity index (χ3v) is 3.00. The van der Waals surface area contributed by atoms with E-state index in [2.05, 4.69) is 0 Å². The van der Waals surface area contributed by atoms with E-state index in [1.807, 2.05) is 25.9 Å². The summed E-state index contributed by atoms with van der Waals surface area (Å²) >= 11 is 0. The van der Waals surface area contributed by atoms with Gasteiger partial charge in [0.15, 0.2) is 11.5 Å². The lowest BCUT2D eigenvalue weighted by Crippen LogP contribution is -2.35. The summed E-state index contributed by atoms with van der Waals surface area (Å²) < 4.78 is 5.35. The Morgan fingerprint density at radius 1 is 1.29 bits per heavy atom. The van der Waals surface area contributed by atoms with Crippen molar-refractivity contribution in [2.45, 2.75) is 13.5 Å². The molecule has 0 unspecified atom stereocenters. The monoisotopic (exact) mass is 296 g/mol. The van der Waals surface area contributed by atoms with Gasteiger partial charge in [-0.25, -0.2) is 0 Å². The quantitative estimate of drug-likeness (QED) is 0.714. The lowest BCUT2D eigenvalue weighted by Gasteiger charge is -2.23. The zero-order chi connectivity index (χ0) is 15.8. The Bertz CT molecular complexity index is 463. The van der Waals surface area contributed by atoms with E-state index >= 15 is 0 Å². The van der Waals surface area contributed by atoms with Gasteiger partial charge in [-0.2, -0.15) is 0 Å². The van der Waals surface area contributed by atoms with Gasteiger partial charge in [0.2, 0.25) is 0 Å². The Morgan fingerprint density at radius 2 is 2.00 bits per heavy atom. The topological polar surface area (TPSA) is 73.2 Å². The third-order valence-electron chi connectivity index (χ3n) is 3.00. The number of hydrogen-bond donors (Lipinski definition) is 2. The van der Waals surface area contributed by atoms with Crippen LogP contribution in [0, 0.1) is 0 Å². The molecule has 1 aromatic carbocycles. The highest BCUT2D eigenvalue weighted by molar-refractivity contribution is 5.69. The summed E-state index contributed by atoms with van der Waals surface area (Å²) in [5.41, 5.74) is 0.668. The molecule has 6 nitrogen and oxygen atoms in total. The van der Waals surface area contributed by atoms with Gasteiger partial charge in [-0.05, 0) is 27.1 Å². The summed E-state index contributed by atoms with van der Waals surface area (Å²) in [6, 6.07) is 5.27. The number of aliphatic carboxylic acids is 1. The normalized spacial score (nSPS) is 11.1. The molecule has 0 aliphatic rings. The number of nitrogens with zero attached hydrogens (tertiary/aromatic N) is 2. The molecule has 0 atom stereocenters. The van der Waals surface area contributed by atoms with E-state index in [-0.39, 0.29) is 12.3 Å². The van der Waals surface area contributed by atoms with Crippen LogP contribution in [0.1, 0.15) is 12.5 Å². The molecule has 0 heterocycles. The molecule has 0 saturated carbocycles. The minimum atomic E-state index is -0.880. The number of likely N-dealkylation sites (N-methyl/N-ethyl adjacent to an activating group) is 1. The number of rotatable bonds is 9. The van der Waals surface area contributed by atoms with Crippen LogP contribution in [0.3, 0.4) is 0 Å². The Morgan fingerprint density at radius 3 is 2.57 bits per heavy atom. The maximum absolute atomic E-state index is 11.0. The smallest absolute Gasteiger partial charge is 0.317 e. The molecule has 21 heavy (non-hydrogen) atoms. The fraction of sp³-hybridized carbons (Fsp3) is 0.533. The summed E-state index contributed by atoms with van der Waals surface area (Å²) in [5.74, 6) is -0.369. The Hall–Kier alpha value is -1.79. The molecule has 0 radical (unpaired) electrons. The molecule has 0 amide bonds. The molecule has 0 spiro atoms. The Labute approximate surface area is 125 Å². The van der Waals surface area contributed by atoms with E-state index in [1.54, 1.807) is 23.1 Å². The van der Waals surface area contributed by atoms with Gasteiger partial charge in [-0.15, -0.1) is 0 Å². The first kappa shape index (κ1) is 17.3. The van der Waals surface area contributed by atoms with Crippen LogP contribution in [-0.4, -0.2) is 66.3 Å². The maximum Gasteiger partial charge on any atom is 0.317 e. The number of benzene rings is 1. The number of hydrogen-bond acceptors (Lipinski definition) is 5. The molecule has 2 N–H and O–H groups in total. The van der Waals surface area contributed by atoms with Gasteiger partial charge < -0.3 is 19.8 Å². The molecule has 6 heteroatoms. The summed E-state index contributed by atoms with van der Waals surface area (Å²) in [4.78, 5) is 14.7. The fourth-order valence-electron chi connectivity index (χ4n) is 1.95. The van der Waals surface area contributed by atoms with Crippen molar-refractivity contribution in [1.82, 2.24) is 9.80 Å². The molecular weight excluding hydrogens is 272 g/mol. The van der Waals surface area contributed by atoms with E-state index in [9.17, 15) is 9.90 Å². The number of para-hydroxylation sites is 1. The second kappa shape index (κ2) is 8.49. The van der Waals surface area contributed by atoms with Crippen LogP contribution in [-0.2, 0) is 11.3 Å². The van der Waals surface area contributed by atoms with Gasteiger partial charge in [-0.3, -0.25) is 9.69 Å². The average molecular weight is 296 g/mol. The first-order valence-electron chi connectivity index (χ1n) is 6.96. The molecule has 0 aliphatic carbocycles. The molecule has 0 saturated heterocycles. The first-order valence-corrected chi connectivity index (χ1v) is 6.96. The van der Waals surface area contributed by atoms with Gasteiger partial charge in [0.05, 0.1) is 13.2 Å². The number of ether oxygens (including phenoxy) is 1. The van der Waals surface area contributed by atoms with Crippen LogP contribution in [0.5, 0.6) is 11.5 Å². The van der Waals surface area contributed by atoms with Gasteiger partial charge in [0.1, 0.15) is 0 Å². The van der Waals surface area contributed by atoms with Gasteiger partial charge in [0.25, 0.3) is 0 Å². The van der Waals surface area contributed by atoms with Gasteiger partial charge in [0, 0.05) is 25.2 Å². The summed E-state index contributed by atoms with van der Waals surface area (Å²) in [5, 5.41) is 19.2. The van der Waals surface area contributed by atoms with E-state index in [0.717, 1.165) is 6.54 Å². The fourth-order valence-corrected chi connectivity index (χ4v) is 1.95. The van der Waals surface area contributed by atoms with Crippen molar-refractivity contribution in [3.8, 4) is 11.5 Å². The minimum Gasteiger partial charge on any atom is -0.504 e. The van der Waals surface area contributed by atoms with Crippen molar-refractivity contribution in [3.05, 3.63) is 23.8 Å². The van der Waals surface area contributed by atoms with Crippen molar-refractivity contribution in [2.24, 2.45) is 0 Å². The van der Waals surface area contributed by atoms with E-state index in [0.29, 0.717) is 31.0 Å². The molecule has 0 fully saturated rings. The summed E-state index contributed by atoms with van der Waals surface area (Å²) in [6.07, 6.45) is 0. The molecule has 1 rings (SSSR count). The Kier molecular flexibility index (Phi) is 6.98. The van der Waals surface area contributed by atoms with Crippen molar-refractivity contribution in [3.63, 3.8) is 0 Å². The summed E-state index contributed by atoms with van der Waals surface area (Å²) in [6.45, 7) is 3.98. The molecule has 1 aromatic rings. The third kappa shape index (κ3) is 6.01. The van der Waals surface area contributed by atoms with Crippen LogP contribution in [0.15, 0.2) is 18.2 Å². The highest BCUT2D eigenvalue weighted by Gasteiger charge is 2.15. The number of phenols is 1. The van der Waals surface area contributed by atoms with Crippen LogP contribution in [0.4, 0.5) is 0 Å². The standard InChI is InChI=1S/C15H24N2O4/c1-4-21-13-7-5-6-12(15(13)20)10-17(11-14(18)19)9-8-16(2)3/h5-7,20H,4,8-11H2,1-3H3,(H,18,19). The van der Waals surface area contributed by atoms with Crippen molar-refractivity contribution < 1.29 is 19.7 Å². The first-order chi connectivity index (χ1) is 9.93. The highest BCUT2D eigenvalue weighted by atomic mass is 16.5. The second-order valence-corrected chi connectivity index (χ2v) is 5.10. The second-order valence-electron chi connectivity index (χ2n) is 5.10. The van der Waals surface area contributed by atoms with E-state index in [1.165, 1.54) is 0 Å². The van der Waals surface area contributed by atoms with E-state index < -0.39 is 5.97 Å². The zero-order valence-electron chi connectivity index (χ0n) is 12.9. The lowest BCUT2D eigenvalue weighted by molar-refractivity contribution is -0.138. The molecule has 118 valence electrons. The zero-order valence-corrected chi connectivity index (χ0v) is 12.9. The van der Waals surface area contributed by atoms with Crippen LogP contribution in [0.2, 0.25) is 0 Å². The molecule has 0 aromatic heterocycles. The average Bonchev–Trinajstić information content (AvgIpc) is 2.40. The van der Waals surface area contributed by atoms with Crippen LogP contribution in [0.25, 0.3) is 0 Å². The van der Waals surface area contributed by atoms with Crippen molar-refractivity contribution in [1.29, 1.82) is 0 Å². The molecule has 0 aliphatic heterocycles. The van der Waals surface area contributed by atoms with Crippen LogP contribution < -0.4 is 4.74 Å². The number of carbonyl (C=O) groups is 1. The maximum atomic E-state index is 11.0. The summed E-state index contributed by atoms with van der Waals surface area (Å²) in [7, 11) is 3.87. The predicted octanol–water partition coefficient (Wildman–Crippen LogP) is 1.24. The van der Waals surface area contributed by atoms with Gasteiger partial charge in [-0.1, -0.05) is 12.1 Å². The Balaban J connectivity index is 2.81.